The molecular formula is C20H16BrNO4. The summed E-state index contributed by atoms with van der Waals surface area (Å²) in [6.45, 7) is 2.01. The lowest BCUT2D eigenvalue weighted by atomic mass is 9.85. The van der Waals surface area contributed by atoms with Gasteiger partial charge in [-0.05, 0) is 30.7 Å². The van der Waals surface area contributed by atoms with Crippen molar-refractivity contribution < 1.29 is 19.1 Å². The zero-order valence-electron chi connectivity index (χ0n) is 14.1. The van der Waals surface area contributed by atoms with Gasteiger partial charge in [0, 0.05) is 16.8 Å². The highest BCUT2D eigenvalue weighted by molar-refractivity contribution is 9.10. The van der Waals surface area contributed by atoms with Gasteiger partial charge in [0.25, 0.3) is 0 Å². The quantitative estimate of drug-likeness (QED) is 0.709. The number of rotatable bonds is 3. The Balaban J connectivity index is 1.89. The normalized spacial score (nSPS) is 18.3. The van der Waals surface area contributed by atoms with Crippen molar-refractivity contribution in [1.29, 1.82) is 0 Å². The van der Waals surface area contributed by atoms with E-state index in [-0.39, 0.29) is 24.8 Å². The van der Waals surface area contributed by atoms with Crippen molar-refractivity contribution in [3.8, 4) is 5.75 Å². The molecule has 2 heterocycles. The molecule has 0 aromatic heterocycles. The molecule has 2 aromatic carbocycles. The minimum Gasteiger partial charge on any atom is -0.462 e. The van der Waals surface area contributed by atoms with Crippen LogP contribution in [0.5, 0.6) is 5.75 Å². The summed E-state index contributed by atoms with van der Waals surface area (Å²) in [5, 5.41) is 0. The third kappa shape index (κ3) is 2.70. The number of anilines is 1. The highest BCUT2D eigenvalue weighted by Gasteiger charge is 2.44. The molecule has 1 atom stereocenters. The van der Waals surface area contributed by atoms with Crippen molar-refractivity contribution in [1.82, 2.24) is 0 Å². The number of fused-ring (bicyclic) bond motifs is 3. The van der Waals surface area contributed by atoms with Gasteiger partial charge in [-0.1, -0.05) is 46.3 Å². The second-order valence-electron chi connectivity index (χ2n) is 6.05. The summed E-state index contributed by atoms with van der Waals surface area (Å²) < 4.78 is 12.0. The van der Waals surface area contributed by atoms with E-state index in [4.69, 9.17) is 9.47 Å². The van der Waals surface area contributed by atoms with Crippen molar-refractivity contribution in [2.45, 2.75) is 19.3 Å². The Morgan fingerprint density at radius 1 is 1.27 bits per heavy atom. The molecule has 0 bridgehead atoms. The SMILES string of the molecule is CCOC(=O)C1=C2Oc3ccc(Br)cc3N2C(=O)C[C@@H]1c1ccccc1. The molecule has 2 aromatic rings. The Morgan fingerprint density at radius 3 is 2.77 bits per heavy atom. The molecule has 6 heteroatoms. The summed E-state index contributed by atoms with van der Waals surface area (Å²) in [6.07, 6.45) is 0.178. The number of benzene rings is 2. The van der Waals surface area contributed by atoms with Crippen molar-refractivity contribution in [3.05, 3.63) is 70.0 Å². The molecule has 2 aliphatic heterocycles. The molecule has 0 spiro atoms. The summed E-state index contributed by atoms with van der Waals surface area (Å²) in [5.74, 6) is -0.167. The van der Waals surface area contributed by atoms with Crippen LogP contribution in [0, 0.1) is 0 Å². The molecule has 2 aliphatic rings. The topological polar surface area (TPSA) is 55.8 Å². The molecule has 1 amide bonds. The van der Waals surface area contributed by atoms with E-state index in [1.54, 1.807) is 13.0 Å². The summed E-state index contributed by atoms with van der Waals surface area (Å²) in [4.78, 5) is 27.1. The smallest absolute Gasteiger partial charge is 0.340 e. The van der Waals surface area contributed by atoms with E-state index in [0.717, 1.165) is 10.0 Å². The highest BCUT2D eigenvalue weighted by atomic mass is 79.9. The highest BCUT2D eigenvalue weighted by Crippen LogP contribution is 2.47. The van der Waals surface area contributed by atoms with Crippen LogP contribution in [-0.4, -0.2) is 18.5 Å². The van der Waals surface area contributed by atoms with Crippen LogP contribution in [0.4, 0.5) is 5.69 Å². The molecule has 0 aliphatic carbocycles. The van der Waals surface area contributed by atoms with E-state index in [2.05, 4.69) is 15.9 Å². The van der Waals surface area contributed by atoms with Crippen molar-refractivity contribution in [3.63, 3.8) is 0 Å². The fourth-order valence-corrected chi connectivity index (χ4v) is 3.71. The van der Waals surface area contributed by atoms with Gasteiger partial charge in [-0.3, -0.25) is 4.79 Å². The molecule has 4 rings (SSSR count). The van der Waals surface area contributed by atoms with E-state index in [1.165, 1.54) is 4.90 Å². The molecule has 0 saturated heterocycles. The predicted octanol–water partition coefficient (Wildman–Crippen LogP) is 4.14. The van der Waals surface area contributed by atoms with Crippen LogP contribution < -0.4 is 9.64 Å². The Hall–Kier alpha value is -2.60. The summed E-state index contributed by atoms with van der Waals surface area (Å²) in [6, 6.07) is 14.9. The van der Waals surface area contributed by atoms with Crippen LogP contribution >= 0.6 is 15.9 Å². The number of ether oxygens (including phenoxy) is 2. The maximum Gasteiger partial charge on any atom is 0.340 e. The Morgan fingerprint density at radius 2 is 2.04 bits per heavy atom. The van der Waals surface area contributed by atoms with Gasteiger partial charge in [0.1, 0.15) is 5.57 Å². The van der Waals surface area contributed by atoms with Crippen LogP contribution in [0.25, 0.3) is 0 Å². The number of carbonyl (C=O) groups is 2. The standard InChI is InChI=1S/C20H16BrNO4/c1-2-25-20(24)18-14(12-6-4-3-5-7-12)11-17(23)22-15-10-13(21)8-9-16(15)26-19(18)22/h3-10,14H,2,11H2,1H3/t14-/m1/s1. The largest absolute Gasteiger partial charge is 0.462 e. The van der Waals surface area contributed by atoms with E-state index in [0.29, 0.717) is 17.0 Å². The van der Waals surface area contributed by atoms with E-state index in [9.17, 15) is 9.59 Å². The summed E-state index contributed by atoms with van der Waals surface area (Å²) in [7, 11) is 0. The average molecular weight is 414 g/mol. The summed E-state index contributed by atoms with van der Waals surface area (Å²) in [5.41, 5.74) is 1.90. The zero-order chi connectivity index (χ0) is 18.3. The molecule has 26 heavy (non-hydrogen) atoms. The van der Waals surface area contributed by atoms with Gasteiger partial charge in [-0.2, -0.15) is 0 Å². The van der Waals surface area contributed by atoms with Crippen LogP contribution in [0.15, 0.2) is 64.5 Å². The third-order valence-corrected chi connectivity index (χ3v) is 4.97. The molecule has 5 nitrogen and oxygen atoms in total. The predicted molar refractivity (Wildman–Crippen MR) is 99.7 cm³/mol. The second kappa shape index (κ2) is 6.61. The van der Waals surface area contributed by atoms with Crippen molar-refractivity contribution >= 4 is 33.5 Å². The van der Waals surface area contributed by atoms with Crippen LogP contribution in [0.3, 0.4) is 0 Å². The average Bonchev–Trinajstić information content (AvgIpc) is 3.01. The van der Waals surface area contributed by atoms with Gasteiger partial charge in [-0.25, -0.2) is 9.69 Å². The first-order valence-electron chi connectivity index (χ1n) is 8.36. The Kier molecular flexibility index (Phi) is 4.28. The van der Waals surface area contributed by atoms with Crippen LogP contribution in [0.1, 0.15) is 24.8 Å². The number of nitrogens with zero attached hydrogens (tertiary/aromatic N) is 1. The van der Waals surface area contributed by atoms with Gasteiger partial charge < -0.3 is 9.47 Å². The lowest BCUT2D eigenvalue weighted by molar-refractivity contribution is -0.139. The molecular weight excluding hydrogens is 398 g/mol. The van der Waals surface area contributed by atoms with E-state index >= 15 is 0 Å². The second-order valence-corrected chi connectivity index (χ2v) is 6.97. The summed E-state index contributed by atoms with van der Waals surface area (Å²) >= 11 is 3.42. The minimum absolute atomic E-state index is 0.112. The van der Waals surface area contributed by atoms with Gasteiger partial charge in [-0.15, -0.1) is 0 Å². The lowest BCUT2D eigenvalue weighted by Gasteiger charge is -2.30. The first-order valence-corrected chi connectivity index (χ1v) is 9.16. The Bertz CT molecular complexity index is 923. The number of amides is 1. The van der Waals surface area contributed by atoms with Gasteiger partial charge in [0.15, 0.2) is 5.75 Å². The van der Waals surface area contributed by atoms with Gasteiger partial charge >= 0.3 is 5.97 Å². The van der Waals surface area contributed by atoms with E-state index in [1.807, 2.05) is 42.5 Å². The fraction of sp³-hybridized carbons (Fsp3) is 0.200. The van der Waals surface area contributed by atoms with Crippen LogP contribution in [-0.2, 0) is 14.3 Å². The van der Waals surface area contributed by atoms with Gasteiger partial charge in [0.05, 0.1) is 12.3 Å². The molecule has 0 saturated carbocycles. The maximum absolute atomic E-state index is 12.9. The number of hydrogen-bond donors (Lipinski definition) is 0. The molecule has 0 radical (unpaired) electrons. The molecule has 0 fully saturated rings. The molecule has 132 valence electrons. The van der Waals surface area contributed by atoms with Crippen molar-refractivity contribution in [2.75, 3.05) is 11.5 Å². The maximum atomic E-state index is 12.9. The number of carbonyl (C=O) groups excluding carboxylic acids is 2. The van der Waals surface area contributed by atoms with Crippen molar-refractivity contribution in [2.24, 2.45) is 0 Å². The number of esters is 1. The third-order valence-electron chi connectivity index (χ3n) is 4.48. The number of hydrogen-bond acceptors (Lipinski definition) is 4. The molecule has 0 unspecified atom stereocenters. The first-order chi connectivity index (χ1) is 12.6. The monoisotopic (exact) mass is 413 g/mol. The van der Waals surface area contributed by atoms with Gasteiger partial charge in [0.2, 0.25) is 11.8 Å². The Labute approximate surface area is 159 Å². The first kappa shape index (κ1) is 16.8. The molecule has 0 N–H and O–H groups in total. The van der Waals surface area contributed by atoms with Crippen LogP contribution in [0.2, 0.25) is 0 Å². The minimum atomic E-state index is -0.458. The lowest BCUT2D eigenvalue weighted by Crippen LogP contribution is -2.38. The fourth-order valence-electron chi connectivity index (χ4n) is 3.36. The number of halogens is 1. The zero-order valence-corrected chi connectivity index (χ0v) is 15.7. The van der Waals surface area contributed by atoms with E-state index < -0.39 is 11.9 Å².